The molecular weight excluding hydrogens is 581 g/mol. The molecule has 7 rings (SSSR count). The summed E-state index contributed by atoms with van der Waals surface area (Å²) in [6.45, 7) is 0. The van der Waals surface area contributed by atoms with E-state index in [0.717, 1.165) is 4.68 Å². The number of aliphatic hydroxyl groups excluding tert-OH is 2. The maximum absolute atomic E-state index is 13.1. The molecular formula is C21H26N11O9P. The fourth-order valence-electron chi connectivity index (χ4n) is 5.70. The van der Waals surface area contributed by atoms with E-state index in [9.17, 15) is 24.5 Å². The van der Waals surface area contributed by atoms with Gasteiger partial charge < -0.3 is 40.8 Å². The van der Waals surface area contributed by atoms with E-state index < -0.39 is 68.6 Å². The summed E-state index contributed by atoms with van der Waals surface area (Å²) in [4.78, 5) is 41.5. The van der Waals surface area contributed by atoms with Gasteiger partial charge >= 0.3 is 7.60 Å². The Hall–Kier alpha value is -3.62. The van der Waals surface area contributed by atoms with Crippen molar-refractivity contribution in [2.75, 3.05) is 17.8 Å². The summed E-state index contributed by atoms with van der Waals surface area (Å²) in [5, 5.41) is 30.1. The summed E-state index contributed by atoms with van der Waals surface area (Å²) < 4.78 is 38.9. The first kappa shape index (κ1) is 27.2. The van der Waals surface area contributed by atoms with Gasteiger partial charge in [0, 0.05) is 5.92 Å². The number of aliphatic hydroxyl groups is 2. The predicted octanol–water partition coefficient (Wildman–Crippen LogP) is -1.66. The largest absolute Gasteiger partial charge is 0.388 e. The molecule has 0 radical (unpaired) electrons. The average molecular weight is 607 g/mol. The number of anilines is 2. The van der Waals surface area contributed by atoms with Gasteiger partial charge in [-0.2, -0.15) is 9.67 Å². The van der Waals surface area contributed by atoms with Crippen molar-refractivity contribution >= 4 is 41.7 Å². The minimum absolute atomic E-state index is 0.0458. The topological polar surface area (TPSA) is 287 Å². The van der Waals surface area contributed by atoms with Crippen LogP contribution in [0.3, 0.4) is 0 Å². The molecule has 0 amide bonds. The molecule has 3 fully saturated rings. The molecule has 9 unspecified atom stereocenters. The summed E-state index contributed by atoms with van der Waals surface area (Å²) in [5.41, 5.74) is 11.4. The number of nitrogens with one attached hydrogen (secondary N) is 1. The van der Waals surface area contributed by atoms with Gasteiger partial charge in [0.15, 0.2) is 47.7 Å². The third-order valence-electron chi connectivity index (χ3n) is 7.63. The van der Waals surface area contributed by atoms with Gasteiger partial charge in [-0.15, -0.1) is 5.10 Å². The van der Waals surface area contributed by atoms with Crippen molar-refractivity contribution in [2.45, 2.75) is 62.4 Å². The second-order valence-corrected chi connectivity index (χ2v) is 12.0. The maximum atomic E-state index is 13.1. The number of ether oxygens (including phenoxy) is 3. The molecule has 7 heterocycles. The lowest BCUT2D eigenvalue weighted by Crippen LogP contribution is -2.34. The fourth-order valence-corrected chi connectivity index (χ4v) is 6.74. The Kier molecular flexibility index (Phi) is 6.47. The molecule has 3 saturated heterocycles. The Morgan fingerprint density at radius 3 is 2.71 bits per heavy atom. The Labute approximate surface area is 234 Å². The highest BCUT2D eigenvalue weighted by molar-refractivity contribution is 7.52. The zero-order chi connectivity index (χ0) is 29.3. The number of hydrogen-bond acceptors (Lipinski definition) is 16. The van der Waals surface area contributed by atoms with Crippen molar-refractivity contribution in [3.8, 4) is 0 Å². The van der Waals surface area contributed by atoms with Crippen LogP contribution >= 0.6 is 7.60 Å². The predicted molar refractivity (Wildman–Crippen MR) is 138 cm³/mol. The number of rotatable bonds is 2. The molecule has 0 aromatic carbocycles. The normalized spacial score (nSPS) is 35.7. The van der Waals surface area contributed by atoms with Crippen LogP contribution in [-0.2, 0) is 23.3 Å². The van der Waals surface area contributed by atoms with Gasteiger partial charge in [0.25, 0.3) is 5.56 Å². The smallest absolute Gasteiger partial charge is 0.354 e. The summed E-state index contributed by atoms with van der Waals surface area (Å²) in [6.07, 6.45) is -5.18. The first-order chi connectivity index (χ1) is 20.1. The quantitative estimate of drug-likeness (QED) is 0.139. The molecule has 224 valence electrons. The number of aromatic amines is 1. The highest BCUT2D eigenvalue weighted by Crippen LogP contribution is 2.50. The number of hydrogen-bond donors (Lipinski definition) is 6. The van der Waals surface area contributed by atoms with Crippen molar-refractivity contribution in [1.82, 2.24) is 44.5 Å². The van der Waals surface area contributed by atoms with E-state index >= 15 is 0 Å². The molecule has 3 aliphatic heterocycles. The van der Waals surface area contributed by atoms with Gasteiger partial charge in [0.2, 0.25) is 5.95 Å². The lowest BCUT2D eigenvalue weighted by Gasteiger charge is -2.23. The second kappa shape index (κ2) is 9.99. The third-order valence-corrected chi connectivity index (χ3v) is 8.68. The molecule has 8 N–H and O–H groups in total. The molecule has 9 atom stereocenters. The summed E-state index contributed by atoms with van der Waals surface area (Å²) in [7, 11) is -4.51. The van der Waals surface area contributed by atoms with Gasteiger partial charge in [-0.25, -0.2) is 15.0 Å². The maximum Gasteiger partial charge on any atom is 0.354 e. The highest BCUT2D eigenvalue weighted by Gasteiger charge is 2.51. The standard InChI is InChI=1S/C21H26N11O9P/c22-14-9-15(25-4-24-14)31(5-26-9)18-11(33)7-2-1-3-8-13(41-42(36,37)6-38-20(7)40-18)12(34)19(39-8)32-16-10(29-30-32)17(35)28-21(23)27-16/h4-5,7-8,11-13,18-20,33-34H,1-3,6H2,(H,36,37)(H2,22,24,25)(H3,23,27,28,35). The van der Waals surface area contributed by atoms with Gasteiger partial charge in [0.1, 0.15) is 30.2 Å². The van der Waals surface area contributed by atoms with E-state index in [0.29, 0.717) is 24.0 Å². The van der Waals surface area contributed by atoms with Crippen LogP contribution < -0.4 is 17.0 Å². The number of nitrogen functional groups attached to an aromatic ring is 2. The van der Waals surface area contributed by atoms with Crippen LogP contribution in [0.4, 0.5) is 11.8 Å². The van der Waals surface area contributed by atoms with Crippen LogP contribution in [0.5, 0.6) is 0 Å². The monoisotopic (exact) mass is 607 g/mol. The molecule has 21 heteroatoms. The summed E-state index contributed by atoms with van der Waals surface area (Å²) in [6, 6.07) is 0. The Morgan fingerprint density at radius 2 is 1.88 bits per heavy atom. The highest BCUT2D eigenvalue weighted by atomic mass is 31.2. The first-order valence-corrected chi connectivity index (χ1v) is 14.7. The van der Waals surface area contributed by atoms with Crippen molar-refractivity contribution in [1.29, 1.82) is 0 Å². The fraction of sp³-hybridized carbons (Fsp3) is 0.571. The van der Waals surface area contributed by atoms with Crippen LogP contribution in [0.15, 0.2) is 17.4 Å². The molecule has 0 bridgehead atoms. The minimum atomic E-state index is -4.51. The molecule has 0 spiro atoms. The molecule has 3 aliphatic rings. The van der Waals surface area contributed by atoms with E-state index in [1.807, 2.05) is 0 Å². The zero-order valence-electron chi connectivity index (χ0n) is 21.6. The van der Waals surface area contributed by atoms with E-state index in [4.69, 9.17) is 30.2 Å². The number of H-pyrrole nitrogens is 1. The van der Waals surface area contributed by atoms with Crippen molar-refractivity contribution < 1.29 is 38.4 Å². The van der Waals surface area contributed by atoms with E-state index in [1.54, 1.807) is 0 Å². The summed E-state index contributed by atoms with van der Waals surface area (Å²) >= 11 is 0. The molecule has 4 aromatic rings. The lowest BCUT2D eigenvalue weighted by atomic mass is 9.94. The van der Waals surface area contributed by atoms with Gasteiger partial charge in [-0.3, -0.25) is 23.4 Å². The van der Waals surface area contributed by atoms with Crippen LogP contribution in [0.25, 0.3) is 22.3 Å². The Balaban J connectivity index is 1.15. The van der Waals surface area contributed by atoms with E-state index in [-0.39, 0.29) is 29.4 Å². The lowest BCUT2D eigenvalue weighted by molar-refractivity contribution is -0.157. The van der Waals surface area contributed by atoms with Gasteiger partial charge in [-0.1, -0.05) is 11.6 Å². The van der Waals surface area contributed by atoms with Crippen molar-refractivity contribution in [3.63, 3.8) is 0 Å². The Morgan fingerprint density at radius 1 is 1.05 bits per heavy atom. The molecule has 0 saturated carbocycles. The summed E-state index contributed by atoms with van der Waals surface area (Å²) in [5.74, 6) is -0.659. The second-order valence-electron chi connectivity index (χ2n) is 10.3. The SMILES string of the molecule is Nc1nc2c(nnn2C2OC3CCCC4C(OCP(=O)(O)OC3C2O)OC(n2cnc3c(N)ncnc32)C4O)c(=O)[nH]1. The van der Waals surface area contributed by atoms with E-state index in [2.05, 4.69) is 35.2 Å². The minimum Gasteiger partial charge on any atom is -0.388 e. The third kappa shape index (κ3) is 4.43. The van der Waals surface area contributed by atoms with Crippen molar-refractivity contribution in [3.05, 3.63) is 23.0 Å². The van der Waals surface area contributed by atoms with Crippen LogP contribution in [-0.4, -0.2) is 96.6 Å². The number of fused-ring (bicyclic) bond motifs is 4. The Bertz CT molecular complexity index is 1760. The van der Waals surface area contributed by atoms with Crippen molar-refractivity contribution in [2.24, 2.45) is 5.92 Å². The van der Waals surface area contributed by atoms with Crippen LogP contribution in [0.1, 0.15) is 31.7 Å². The molecule has 42 heavy (non-hydrogen) atoms. The average Bonchev–Trinajstić information content (AvgIpc) is 3.69. The number of imidazole rings is 1. The number of aromatic nitrogens is 9. The first-order valence-electron chi connectivity index (χ1n) is 12.9. The molecule has 4 aromatic heterocycles. The zero-order valence-corrected chi connectivity index (χ0v) is 22.5. The molecule has 20 nitrogen and oxygen atoms in total. The van der Waals surface area contributed by atoms with Crippen LogP contribution in [0.2, 0.25) is 0 Å². The van der Waals surface area contributed by atoms with E-state index in [1.165, 1.54) is 17.2 Å². The number of nitrogens with two attached hydrogens (primary N) is 2. The molecule has 0 aliphatic carbocycles. The van der Waals surface area contributed by atoms with Crippen LogP contribution in [0, 0.1) is 5.92 Å². The van der Waals surface area contributed by atoms with Gasteiger partial charge in [0.05, 0.1) is 12.4 Å². The number of nitrogens with zero attached hydrogens (tertiary/aromatic N) is 8. The van der Waals surface area contributed by atoms with Gasteiger partial charge in [-0.05, 0) is 12.8 Å².